The lowest BCUT2D eigenvalue weighted by molar-refractivity contribution is -0.401. The van der Waals surface area contributed by atoms with Gasteiger partial charge in [-0.05, 0) is 125 Å². The molecule has 0 aliphatic carbocycles. The molecule has 0 bridgehead atoms. The zero-order valence-corrected chi connectivity index (χ0v) is 45.0. The van der Waals surface area contributed by atoms with Gasteiger partial charge in [0.25, 0.3) is 26.1 Å². The minimum atomic E-state index is -4.47. The van der Waals surface area contributed by atoms with E-state index in [1.165, 1.54) is 35.0 Å². The van der Waals surface area contributed by atoms with Gasteiger partial charge < -0.3 is 26.0 Å². The third-order valence-corrected chi connectivity index (χ3v) is 15.5. The summed E-state index contributed by atoms with van der Waals surface area (Å²) in [7, 11) is -6.97. The Bertz CT molecular complexity index is 3410. The molecular weight excluding hydrogens is 1030 g/mol. The van der Waals surface area contributed by atoms with E-state index in [0.717, 1.165) is 46.0 Å². The Labute approximate surface area is 446 Å². The molecule has 0 saturated heterocycles. The largest absolute Gasteiger partial charge is 0.480 e. The van der Waals surface area contributed by atoms with Crippen LogP contribution in [0.1, 0.15) is 99.8 Å². The van der Waals surface area contributed by atoms with Gasteiger partial charge in [-0.15, -0.1) is 5.10 Å². The van der Waals surface area contributed by atoms with Crippen LogP contribution in [-0.4, -0.2) is 102 Å². The summed E-state index contributed by atoms with van der Waals surface area (Å²) >= 11 is 0. The highest BCUT2D eigenvalue weighted by molar-refractivity contribution is 7.86. The Morgan fingerprint density at radius 1 is 0.831 bits per heavy atom. The molecule has 0 fully saturated rings. The van der Waals surface area contributed by atoms with Gasteiger partial charge in [0, 0.05) is 53.0 Å². The summed E-state index contributed by atoms with van der Waals surface area (Å²) in [6, 6.07) is 17.7. The van der Waals surface area contributed by atoms with E-state index in [0.29, 0.717) is 56.6 Å². The molecule has 1 atom stereocenters. The summed E-state index contributed by atoms with van der Waals surface area (Å²) in [6.07, 6.45) is 14.6. The maximum atomic E-state index is 14.1. The SMILES string of the molecule is C[N+]1=C(/C=C/C=C/C=C2\N(CCCCCC(=O)NCc3cn(-c4cccc(C(=O)NC(CCCCN)C(=O)COc5c(F)cccc5F)c4)nn3)c3ccc(S(=O)(=O)O)cc3C2(C)C)C(C)(C)c2cc(S(=O)(=O)O)ccc21. The number of amides is 2. The lowest BCUT2D eigenvalue weighted by Gasteiger charge is -2.27. The lowest BCUT2D eigenvalue weighted by Crippen LogP contribution is -2.43. The number of fused-ring (bicyclic) bond motifs is 2. The molecule has 0 saturated carbocycles. The van der Waals surface area contributed by atoms with Crippen LogP contribution in [-0.2, 0) is 47.2 Å². The van der Waals surface area contributed by atoms with Crippen LogP contribution >= 0.6 is 0 Å². The number of allylic oxidation sites excluding steroid dienone is 6. The first-order chi connectivity index (χ1) is 36.4. The first-order valence-corrected chi connectivity index (χ1v) is 27.9. The van der Waals surface area contributed by atoms with Crippen molar-refractivity contribution in [2.45, 2.75) is 106 Å². The van der Waals surface area contributed by atoms with Gasteiger partial charge >= 0.3 is 0 Å². The fraction of sp³-hybridized carbons (Fsp3) is 0.345. The monoisotopic (exact) mass is 1100 g/mol. The number of nitrogens with two attached hydrogens (primary N) is 1. The number of carbonyl (C=O) groups excluding carboxylic acids is 3. The second-order valence-corrected chi connectivity index (χ2v) is 22.7. The van der Waals surface area contributed by atoms with Crippen molar-refractivity contribution >= 4 is 54.9 Å². The molecule has 77 heavy (non-hydrogen) atoms. The van der Waals surface area contributed by atoms with Gasteiger partial charge in [-0.2, -0.15) is 21.4 Å². The number of ether oxygens (including phenoxy) is 1. The number of nitrogens with zero attached hydrogens (tertiary/aromatic N) is 5. The van der Waals surface area contributed by atoms with Crippen molar-refractivity contribution in [2.75, 3.05) is 31.6 Å². The zero-order chi connectivity index (χ0) is 55.9. The number of rotatable bonds is 24. The van der Waals surface area contributed by atoms with E-state index in [4.69, 9.17) is 10.5 Å². The van der Waals surface area contributed by atoms with Crippen LogP contribution in [0.15, 0.2) is 131 Å². The molecular formula is C55H63F2N8O10S2+. The quantitative estimate of drug-likeness (QED) is 0.0173. The summed E-state index contributed by atoms with van der Waals surface area (Å²) < 4.78 is 105. The summed E-state index contributed by atoms with van der Waals surface area (Å²) in [6.45, 7) is 8.25. The minimum absolute atomic E-state index is 0.0891. The molecule has 3 heterocycles. The van der Waals surface area contributed by atoms with Gasteiger partial charge in [-0.25, -0.2) is 13.5 Å². The molecule has 2 aliphatic rings. The second-order valence-electron chi connectivity index (χ2n) is 19.9. The number of aromatic nitrogens is 3. The number of Topliss-reactive ketones (excluding diaryl/α,β-unsaturated/α-hetero) is 1. The average Bonchev–Trinajstić information content (AvgIpc) is 4.00. The third kappa shape index (κ3) is 13.5. The normalized spacial score (nSPS) is 15.8. The highest BCUT2D eigenvalue weighted by Crippen LogP contribution is 2.49. The van der Waals surface area contributed by atoms with E-state index < -0.39 is 72.8 Å². The van der Waals surface area contributed by atoms with Crippen LogP contribution in [0.3, 0.4) is 0 Å². The Morgan fingerprint density at radius 2 is 1.52 bits per heavy atom. The molecule has 2 amide bonds. The maximum Gasteiger partial charge on any atom is 0.294 e. The molecule has 7 rings (SSSR count). The number of hydrogen-bond donors (Lipinski definition) is 5. The summed E-state index contributed by atoms with van der Waals surface area (Å²) in [4.78, 5) is 41.3. The van der Waals surface area contributed by atoms with Crippen molar-refractivity contribution in [1.82, 2.24) is 25.6 Å². The van der Waals surface area contributed by atoms with Crippen molar-refractivity contribution in [3.63, 3.8) is 0 Å². The second kappa shape index (κ2) is 24.0. The predicted molar refractivity (Wildman–Crippen MR) is 286 cm³/mol. The molecule has 5 aromatic rings. The summed E-state index contributed by atoms with van der Waals surface area (Å²) in [5.74, 6) is -3.95. The fourth-order valence-corrected chi connectivity index (χ4v) is 10.6. The van der Waals surface area contributed by atoms with Crippen molar-refractivity contribution in [3.05, 3.63) is 155 Å². The first kappa shape index (κ1) is 57.5. The van der Waals surface area contributed by atoms with E-state index >= 15 is 0 Å². The Balaban J connectivity index is 0.929. The molecule has 1 aromatic heterocycles. The number of ketones is 1. The van der Waals surface area contributed by atoms with Crippen molar-refractivity contribution in [1.29, 1.82) is 0 Å². The van der Waals surface area contributed by atoms with E-state index in [-0.39, 0.29) is 40.6 Å². The molecule has 1 unspecified atom stereocenters. The van der Waals surface area contributed by atoms with Crippen molar-refractivity contribution in [2.24, 2.45) is 5.73 Å². The molecule has 6 N–H and O–H groups in total. The third-order valence-electron chi connectivity index (χ3n) is 13.8. The number of unbranched alkanes of at least 4 members (excludes halogenated alkanes) is 3. The predicted octanol–water partition coefficient (Wildman–Crippen LogP) is 7.59. The van der Waals surface area contributed by atoms with Gasteiger partial charge in [0.1, 0.15) is 19.3 Å². The Kier molecular flexibility index (Phi) is 17.9. The van der Waals surface area contributed by atoms with E-state index in [1.807, 2.05) is 69.7 Å². The topological polar surface area (TPSA) is 256 Å². The highest BCUT2D eigenvalue weighted by Gasteiger charge is 2.44. The average molecular weight is 1100 g/mol. The van der Waals surface area contributed by atoms with Crippen molar-refractivity contribution in [3.8, 4) is 11.4 Å². The maximum absolute atomic E-state index is 14.1. The van der Waals surface area contributed by atoms with Crippen molar-refractivity contribution < 1.29 is 58.4 Å². The molecule has 0 spiro atoms. The molecule has 18 nitrogen and oxygen atoms in total. The van der Waals surface area contributed by atoms with Gasteiger partial charge in [-0.1, -0.05) is 55.8 Å². The van der Waals surface area contributed by atoms with Gasteiger partial charge in [0.15, 0.2) is 28.9 Å². The molecule has 22 heteroatoms. The first-order valence-electron chi connectivity index (χ1n) is 25.0. The number of para-hydroxylation sites is 1. The van der Waals surface area contributed by atoms with Crippen LogP contribution in [0, 0.1) is 11.6 Å². The molecule has 408 valence electrons. The lowest BCUT2D eigenvalue weighted by atomic mass is 9.81. The highest BCUT2D eigenvalue weighted by atomic mass is 32.2. The van der Waals surface area contributed by atoms with Gasteiger partial charge in [0.05, 0.1) is 39.7 Å². The fourth-order valence-electron chi connectivity index (χ4n) is 9.61. The smallest absolute Gasteiger partial charge is 0.294 e. The number of hydrogen-bond acceptors (Lipinski definition) is 12. The number of benzene rings is 4. The van der Waals surface area contributed by atoms with Gasteiger partial charge in [-0.3, -0.25) is 23.5 Å². The number of anilines is 1. The summed E-state index contributed by atoms with van der Waals surface area (Å²) in [5.41, 5.74) is 10.4. The standard InChI is InChI=1S/C55H62F2N8O10S2/c1-54(2)41-31-39(76(69,70)71)24-26-46(41)63(5)49(54)21-8-6-9-22-50-55(3,4)42-32-40(77(72,73)74)25-27-47(42)64(50)29-13-7-10-23-51(67)59-33-37-34-65(62-61-37)38-17-14-16-36(30-38)53(68)60-45(20-11-12-28-58)48(66)35-75-52-43(56)18-15-19-44(52)57/h6,8-9,14-19,21-22,24-27,30-32,34,45H,7,10-13,20,23,28-29,33,35,58H2,1-5H3,(H3-,59,60,67,68,69,70,71,72,73,74)/p+1. The number of halogens is 2. The molecule has 4 aromatic carbocycles. The van der Waals surface area contributed by atoms with Crippen LogP contribution in [0.25, 0.3) is 5.69 Å². The zero-order valence-electron chi connectivity index (χ0n) is 43.4. The minimum Gasteiger partial charge on any atom is -0.480 e. The van der Waals surface area contributed by atoms with Crippen LogP contribution in [0.5, 0.6) is 5.75 Å². The molecule has 0 radical (unpaired) electrons. The van der Waals surface area contributed by atoms with Crippen LogP contribution < -0.4 is 26.0 Å². The molecule has 2 aliphatic heterocycles. The van der Waals surface area contributed by atoms with E-state index in [2.05, 4.69) is 25.8 Å². The van der Waals surface area contributed by atoms with Gasteiger partial charge in [0.2, 0.25) is 11.6 Å². The Morgan fingerprint density at radius 3 is 2.22 bits per heavy atom. The van der Waals surface area contributed by atoms with E-state index in [1.54, 1.807) is 42.6 Å². The number of nitrogens with one attached hydrogen (secondary N) is 2. The van der Waals surface area contributed by atoms with E-state index in [9.17, 15) is 49.1 Å². The van der Waals surface area contributed by atoms with Crippen LogP contribution in [0.2, 0.25) is 0 Å². The Hall–Kier alpha value is -7.24. The number of carbonyl (C=O) groups is 3. The van der Waals surface area contributed by atoms with Crippen LogP contribution in [0.4, 0.5) is 20.2 Å². The summed E-state index contributed by atoms with van der Waals surface area (Å²) in [5, 5.41) is 13.9.